The molecule has 22 heavy (non-hydrogen) atoms. The Hall–Kier alpha value is -0.910. The zero-order valence-electron chi connectivity index (χ0n) is 14.3. The molecule has 124 valence electrons. The molecule has 0 saturated carbocycles. The third kappa shape index (κ3) is 3.36. The van der Waals surface area contributed by atoms with Crippen molar-refractivity contribution in [2.75, 3.05) is 32.8 Å². The molecular formula is C17H30N4O. The molecule has 2 atom stereocenters. The largest absolute Gasteiger partial charge is 0.372 e. The van der Waals surface area contributed by atoms with Crippen LogP contribution >= 0.6 is 0 Å². The number of piperidine rings is 1. The number of aryl methyl sites for hydroxylation is 2. The number of likely N-dealkylation sites (tertiary alicyclic amines) is 1. The molecule has 5 heteroatoms. The van der Waals surface area contributed by atoms with Crippen molar-refractivity contribution in [2.24, 2.45) is 7.05 Å². The highest BCUT2D eigenvalue weighted by atomic mass is 16.5. The molecule has 1 aromatic rings. The summed E-state index contributed by atoms with van der Waals surface area (Å²) < 4.78 is 8.01. The van der Waals surface area contributed by atoms with Crippen molar-refractivity contribution in [1.29, 1.82) is 0 Å². The van der Waals surface area contributed by atoms with Crippen molar-refractivity contribution in [3.63, 3.8) is 0 Å². The number of rotatable bonds is 5. The van der Waals surface area contributed by atoms with Crippen LogP contribution in [0.2, 0.25) is 0 Å². The highest BCUT2D eigenvalue weighted by Gasteiger charge is 2.33. The second-order valence-electron chi connectivity index (χ2n) is 6.75. The fourth-order valence-electron chi connectivity index (χ4n) is 3.88. The molecule has 0 spiro atoms. The average molecular weight is 306 g/mol. The summed E-state index contributed by atoms with van der Waals surface area (Å²) in [6.07, 6.45) is 5.39. The summed E-state index contributed by atoms with van der Waals surface area (Å²) in [4.78, 5) is 2.59. The van der Waals surface area contributed by atoms with Crippen LogP contribution in [0.3, 0.4) is 0 Å². The Morgan fingerprint density at radius 3 is 2.68 bits per heavy atom. The number of nitrogens with zero attached hydrogens (tertiary/aromatic N) is 3. The lowest BCUT2D eigenvalue weighted by Gasteiger charge is -2.28. The third-order valence-electron chi connectivity index (χ3n) is 5.22. The Labute approximate surface area is 134 Å². The van der Waals surface area contributed by atoms with Gasteiger partial charge in [-0.3, -0.25) is 4.68 Å². The van der Waals surface area contributed by atoms with Gasteiger partial charge < -0.3 is 15.0 Å². The molecule has 2 aliphatic rings. The minimum absolute atomic E-state index is 0.162. The molecule has 2 fully saturated rings. The van der Waals surface area contributed by atoms with Gasteiger partial charge >= 0.3 is 0 Å². The SMILES string of the molecule is Cc1nn(C)c(C)c1[C@H]1OCC[C@@H]1NCCN1CCCCC1. The standard InChI is InChI=1S/C17H30N4O/c1-13-16(14(2)20(3)19-13)17-15(7-12-22-17)18-8-11-21-9-5-4-6-10-21/h15,17-18H,4-12H2,1-3H3/t15-,17-/m0/s1. The minimum Gasteiger partial charge on any atom is -0.372 e. The number of nitrogens with one attached hydrogen (secondary N) is 1. The summed E-state index contributed by atoms with van der Waals surface area (Å²) in [5, 5.41) is 8.28. The molecule has 0 radical (unpaired) electrons. The Morgan fingerprint density at radius 2 is 2.00 bits per heavy atom. The molecule has 1 aromatic heterocycles. The van der Waals surface area contributed by atoms with Crippen LogP contribution in [0.4, 0.5) is 0 Å². The predicted octanol–water partition coefficient (Wildman–Crippen LogP) is 1.94. The number of hydrogen-bond donors (Lipinski definition) is 1. The summed E-state index contributed by atoms with van der Waals surface area (Å²) in [7, 11) is 2.01. The summed E-state index contributed by atoms with van der Waals surface area (Å²) in [6.45, 7) is 9.84. The summed E-state index contributed by atoms with van der Waals surface area (Å²) in [5.74, 6) is 0. The van der Waals surface area contributed by atoms with Crippen LogP contribution in [0, 0.1) is 13.8 Å². The van der Waals surface area contributed by atoms with E-state index >= 15 is 0 Å². The first kappa shape index (κ1) is 16.0. The van der Waals surface area contributed by atoms with Crippen molar-refractivity contribution in [2.45, 2.75) is 51.7 Å². The van der Waals surface area contributed by atoms with E-state index in [9.17, 15) is 0 Å². The van der Waals surface area contributed by atoms with Crippen molar-refractivity contribution in [1.82, 2.24) is 20.0 Å². The van der Waals surface area contributed by atoms with Crippen LogP contribution in [-0.2, 0) is 11.8 Å². The van der Waals surface area contributed by atoms with Crippen LogP contribution in [0.15, 0.2) is 0 Å². The van der Waals surface area contributed by atoms with E-state index in [0.717, 1.165) is 31.8 Å². The maximum absolute atomic E-state index is 6.04. The van der Waals surface area contributed by atoms with E-state index in [4.69, 9.17) is 4.74 Å². The molecule has 0 bridgehead atoms. The van der Waals surface area contributed by atoms with Crippen LogP contribution in [0.25, 0.3) is 0 Å². The van der Waals surface area contributed by atoms with Crippen molar-refractivity contribution < 1.29 is 4.74 Å². The van der Waals surface area contributed by atoms with Crippen LogP contribution in [-0.4, -0.2) is 53.5 Å². The van der Waals surface area contributed by atoms with E-state index in [1.165, 1.54) is 43.6 Å². The van der Waals surface area contributed by atoms with Crippen molar-refractivity contribution in [3.8, 4) is 0 Å². The Morgan fingerprint density at radius 1 is 1.23 bits per heavy atom. The van der Waals surface area contributed by atoms with Crippen LogP contribution in [0.5, 0.6) is 0 Å². The Bertz CT molecular complexity index is 493. The number of aromatic nitrogens is 2. The zero-order chi connectivity index (χ0) is 15.5. The van der Waals surface area contributed by atoms with Gasteiger partial charge in [0, 0.05) is 44.0 Å². The molecule has 1 N–H and O–H groups in total. The number of ether oxygens (including phenoxy) is 1. The van der Waals surface area contributed by atoms with E-state index < -0.39 is 0 Å². The monoisotopic (exact) mass is 306 g/mol. The summed E-state index contributed by atoms with van der Waals surface area (Å²) in [6, 6.07) is 0.423. The first-order chi connectivity index (χ1) is 10.7. The van der Waals surface area contributed by atoms with Gasteiger partial charge in [0.05, 0.1) is 5.69 Å². The fraction of sp³-hybridized carbons (Fsp3) is 0.824. The van der Waals surface area contributed by atoms with E-state index in [1.807, 2.05) is 11.7 Å². The molecule has 3 heterocycles. The minimum atomic E-state index is 0.162. The van der Waals surface area contributed by atoms with E-state index in [0.29, 0.717) is 6.04 Å². The lowest BCUT2D eigenvalue weighted by Crippen LogP contribution is -2.40. The normalized spacial score (nSPS) is 26.7. The topological polar surface area (TPSA) is 42.3 Å². The van der Waals surface area contributed by atoms with Gasteiger partial charge in [-0.25, -0.2) is 0 Å². The Balaban J connectivity index is 1.56. The first-order valence-electron chi connectivity index (χ1n) is 8.74. The second kappa shape index (κ2) is 7.11. The molecule has 2 aliphatic heterocycles. The van der Waals surface area contributed by atoms with Gasteiger partial charge in [-0.1, -0.05) is 6.42 Å². The molecule has 0 aliphatic carbocycles. The molecule has 5 nitrogen and oxygen atoms in total. The van der Waals surface area contributed by atoms with Crippen molar-refractivity contribution in [3.05, 3.63) is 17.0 Å². The molecule has 0 unspecified atom stereocenters. The number of hydrogen-bond acceptors (Lipinski definition) is 4. The van der Waals surface area contributed by atoms with Crippen LogP contribution < -0.4 is 5.32 Å². The molecule has 2 saturated heterocycles. The van der Waals surface area contributed by atoms with Gasteiger partial charge in [0.2, 0.25) is 0 Å². The zero-order valence-corrected chi connectivity index (χ0v) is 14.3. The van der Waals surface area contributed by atoms with E-state index in [2.05, 4.69) is 29.2 Å². The maximum atomic E-state index is 6.04. The third-order valence-corrected chi connectivity index (χ3v) is 5.22. The second-order valence-corrected chi connectivity index (χ2v) is 6.75. The van der Waals surface area contributed by atoms with E-state index in [1.54, 1.807) is 0 Å². The highest BCUT2D eigenvalue weighted by molar-refractivity contribution is 5.29. The molecule has 3 rings (SSSR count). The van der Waals surface area contributed by atoms with Gasteiger partial charge in [0.1, 0.15) is 6.10 Å². The summed E-state index contributed by atoms with van der Waals surface area (Å²) >= 11 is 0. The fourth-order valence-corrected chi connectivity index (χ4v) is 3.88. The molecule has 0 amide bonds. The van der Waals surface area contributed by atoms with Gasteiger partial charge in [0.25, 0.3) is 0 Å². The smallest absolute Gasteiger partial charge is 0.101 e. The predicted molar refractivity (Wildman–Crippen MR) is 88.1 cm³/mol. The van der Waals surface area contributed by atoms with Gasteiger partial charge in [-0.05, 0) is 46.2 Å². The van der Waals surface area contributed by atoms with E-state index in [-0.39, 0.29) is 6.10 Å². The quantitative estimate of drug-likeness (QED) is 0.903. The molecule has 0 aromatic carbocycles. The maximum Gasteiger partial charge on any atom is 0.101 e. The van der Waals surface area contributed by atoms with Gasteiger partial charge in [0.15, 0.2) is 0 Å². The van der Waals surface area contributed by atoms with Crippen molar-refractivity contribution >= 4 is 0 Å². The first-order valence-corrected chi connectivity index (χ1v) is 8.74. The molecular weight excluding hydrogens is 276 g/mol. The van der Waals surface area contributed by atoms with Gasteiger partial charge in [-0.2, -0.15) is 5.10 Å². The lowest BCUT2D eigenvalue weighted by atomic mass is 10.0. The summed E-state index contributed by atoms with van der Waals surface area (Å²) in [5.41, 5.74) is 3.62. The highest BCUT2D eigenvalue weighted by Crippen LogP contribution is 2.33. The van der Waals surface area contributed by atoms with Crippen LogP contribution in [0.1, 0.15) is 48.7 Å². The average Bonchev–Trinajstić information content (AvgIpc) is 3.05. The lowest BCUT2D eigenvalue weighted by molar-refractivity contribution is 0.0967. The van der Waals surface area contributed by atoms with Gasteiger partial charge in [-0.15, -0.1) is 0 Å². The Kier molecular flexibility index (Phi) is 5.16.